The van der Waals surface area contributed by atoms with E-state index in [2.05, 4.69) is 32.7 Å². The van der Waals surface area contributed by atoms with E-state index < -0.39 is 11.7 Å². The first-order chi connectivity index (χ1) is 14.7. The number of fused-ring (bicyclic) bond motifs is 1. The third-order valence-electron chi connectivity index (χ3n) is 6.10. The molecule has 1 aliphatic carbocycles. The number of anilines is 1. The van der Waals surface area contributed by atoms with Crippen molar-refractivity contribution in [2.24, 2.45) is 5.92 Å². The van der Waals surface area contributed by atoms with Crippen LogP contribution in [0.15, 0.2) is 18.2 Å². The SMILES string of the molecule is CC(C)Nc1n[nH]c2nc(C3CCN(C(=O)C[C@H]4C=CCC4)CC3)cc(C(F)(F)F)c12. The van der Waals surface area contributed by atoms with Crippen molar-refractivity contribution in [2.75, 3.05) is 18.4 Å². The molecule has 0 radical (unpaired) electrons. The molecule has 31 heavy (non-hydrogen) atoms. The van der Waals surface area contributed by atoms with Crippen molar-refractivity contribution in [3.05, 3.63) is 29.5 Å². The quantitative estimate of drug-likeness (QED) is 0.658. The summed E-state index contributed by atoms with van der Waals surface area (Å²) in [6.07, 6.45) is 3.47. The molecule has 0 aromatic carbocycles. The molecule has 1 amide bonds. The van der Waals surface area contributed by atoms with Crippen molar-refractivity contribution in [1.29, 1.82) is 0 Å². The number of nitrogens with zero attached hydrogens (tertiary/aromatic N) is 3. The van der Waals surface area contributed by atoms with Gasteiger partial charge in [0.15, 0.2) is 11.5 Å². The van der Waals surface area contributed by atoms with Crippen LogP contribution in [0, 0.1) is 5.92 Å². The second-order valence-corrected chi connectivity index (χ2v) is 8.81. The van der Waals surface area contributed by atoms with Gasteiger partial charge in [-0.15, -0.1) is 0 Å². The number of amides is 1. The zero-order chi connectivity index (χ0) is 22.2. The average molecular weight is 435 g/mol. The fraction of sp³-hybridized carbons (Fsp3) is 0.591. The lowest BCUT2D eigenvalue weighted by atomic mass is 9.91. The van der Waals surface area contributed by atoms with Crippen LogP contribution in [0.1, 0.15) is 63.1 Å². The van der Waals surface area contributed by atoms with Gasteiger partial charge in [0.2, 0.25) is 5.91 Å². The van der Waals surface area contributed by atoms with Gasteiger partial charge in [-0.1, -0.05) is 12.2 Å². The number of allylic oxidation sites excluding steroid dienone is 2. The fourth-order valence-electron chi connectivity index (χ4n) is 4.50. The average Bonchev–Trinajstić information content (AvgIpc) is 3.36. The van der Waals surface area contributed by atoms with Gasteiger partial charge in [-0.2, -0.15) is 18.3 Å². The minimum Gasteiger partial charge on any atom is -0.366 e. The summed E-state index contributed by atoms with van der Waals surface area (Å²) in [5.41, 5.74) is -0.180. The number of carbonyl (C=O) groups excluding carboxylic acids is 1. The van der Waals surface area contributed by atoms with Gasteiger partial charge in [0, 0.05) is 37.2 Å². The summed E-state index contributed by atoms with van der Waals surface area (Å²) < 4.78 is 41.6. The number of piperidine rings is 1. The second-order valence-electron chi connectivity index (χ2n) is 8.81. The van der Waals surface area contributed by atoms with E-state index in [9.17, 15) is 18.0 Å². The summed E-state index contributed by atoms with van der Waals surface area (Å²) in [4.78, 5) is 18.9. The van der Waals surface area contributed by atoms with Crippen LogP contribution in [0.3, 0.4) is 0 Å². The van der Waals surface area contributed by atoms with E-state index in [0.29, 0.717) is 44.0 Å². The highest BCUT2D eigenvalue weighted by atomic mass is 19.4. The largest absolute Gasteiger partial charge is 0.417 e. The Kier molecular flexibility index (Phi) is 5.94. The summed E-state index contributed by atoms with van der Waals surface area (Å²) in [6, 6.07) is 1.10. The Morgan fingerprint density at radius 2 is 2.03 bits per heavy atom. The number of hydrogen-bond donors (Lipinski definition) is 2. The summed E-state index contributed by atoms with van der Waals surface area (Å²) >= 11 is 0. The number of alkyl halides is 3. The summed E-state index contributed by atoms with van der Waals surface area (Å²) in [7, 11) is 0. The Labute approximate surface area is 179 Å². The number of nitrogens with one attached hydrogen (secondary N) is 2. The van der Waals surface area contributed by atoms with E-state index in [0.717, 1.165) is 18.9 Å². The highest BCUT2D eigenvalue weighted by molar-refractivity contribution is 5.91. The van der Waals surface area contributed by atoms with Crippen molar-refractivity contribution in [2.45, 2.75) is 64.1 Å². The smallest absolute Gasteiger partial charge is 0.366 e. The standard InChI is InChI=1S/C22H28F3N5O/c1-13(2)26-20-19-16(22(23,24)25)12-17(27-21(19)29-28-20)15-7-9-30(10-8-15)18(31)11-14-5-3-4-6-14/h3,5,12-15H,4,6-11H2,1-2H3,(H2,26,27,28,29)/t14-/m0/s1. The Morgan fingerprint density at radius 1 is 1.29 bits per heavy atom. The first kappa shape index (κ1) is 21.6. The summed E-state index contributed by atoms with van der Waals surface area (Å²) in [5, 5.41) is 9.61. The first-order valence-electron chi connectivity index (χ1n) is 10.9. The Morgan fingerprint density at radius 3 is 2.65 bits per heavy atom. The van der Waals surface area contributed by atoms with Crippen LogP contribution < -0.4 is 5.32 Å². The van der Waals surface area contributed by atoms with Gasteiger partial charge < -0.3 is 10.2 Å². The maximum atomic E-state index is 13.9. The predicted molar refractivity (Wildman–Crippen MR) is 113 cm³/mol. The number of aromatic nitrogens is 3. The number of halogens is 3. The number of likely N-dealkylation sites (tertiary alicyclic amines) is 1. The molecule has 2 aromatic heterocycles. The molecule has 3 heterocycles. The molecule has 2 N–H and O–H groups in total. The second kappa shape index (κ2) is 8.51. The molecule has 168 valence electrons. The monoisotopic (exact) mass is 435 g/mol. The fourth-order valence-corrected chi connectivity index (χ4v) is 4.50. The molecule has 1 fully saturated rings. The highest BCUT2D eigenvalue weighted by Gasteiger charge is 2.37. The number of rotatable bonds is 5. The molecule has 9 heteroatoms. The molecule has 0 saturated carbocycles. The van der Waals surface area contributed by atoms with Gasteiger partial charge in [0.25, 0.3) is 0 Å². The third kappa shape index (κ3) is 4.70. The van der Waals surface area contributed by atoms with E-state index in [1.54, 1.807) is 0 Å². The zero-order valence-electron chi connectivity index (χ0n) is 17.8. The summed E-state index contributed by atoms with van der Waals surface area (Å²) in [5.74, 6) is 0.494. The Hall–Kier alpha value is -2.58. The highest BCUT2D eigenvalue weighted by Crippen LogP contribution is 2.40. The number of H-pyrrole nitrogens is 1. The van der Waals surface area contributed by atoms with Crippen LogP contribution >= 0.6 is 0 Å². The van der Waals surface area contributed by atoms with Crippen molar-refractivity contribution in [1.82, 2.24) is 20.1 Å². The predicted octanol–water partition coefficient (Wildman–Crippen LogP) is 4.86. The van der Waals surface area contributed by atoms with Gasteiger partial charge in [-0.25, -0.2) is 4.98 Å². The minimum absolute atomic E-state index is 0.0258. The molecule has 1 aliphatic heterocycles. The van der Waals surface area contributed by atoms with E-state index in [-0.39, 0.29) is 34.7 Å². The minimum atomic E-state index is -4.52. The lowest BCUT2D eigenvalue weighted by Gasteiger charge is -2.32. The van der Waals surface area contributed by atoms with E-state index in [1.165, 1.54) is 0 Å². The van der Waals surface area contributed by atoms with Crippen molar-refractivity contribution >= 4 is 22.8 Å². The lowest BCUT2D eigenvalue weighted by molar-refractivity contribution is -0.136. The van der Waals surface area contributed by atoms with Crippen LogP contribution in [0.4, 0.5) is 19.0 Å². The molecular formula is C22H28F3N5O. The van der Waals surface area contributed by atoms with E-state index in [1.807, 2.05) is 18.7 Å². The first-order valence-corrected chi connectivity index (χ1v) is 10.9. The van der Waals surface area contributed by atoms with Crippen LogP contribution in [0.2, 0.25) is 0 Å². The van der Waals surface area contributed by atoms with Gasteiger partial charge in [0.1, 0.15) is 0 Å². The number of carbonyl (C=O) groups is 1. The van der Waals surface area contributed by atoms with Crippen LogP contribution in [-0.2, 0) is 11.0 Å². The number of hydrogen-bond acceptors (Lipinski definition) is 4. The molecule has 0 bridgehead atoms. The maximum absolute atomic E-state index is 13.9. The topological polar surface area (TPSA) is 73.9 Å². The molecule has 1 saturated heterocycles. The van der Waals surface area contributed by atoms with Gasteiger partial charge >= 0.3 is 6.18 Å². The molecule has 4 rings (SSSR count). The normalized spacial score (nSPS) is 20.2. The Balaban J connectivity index is 1.52. The molecule has 0 spiro atoms. The number of aromatic amines is 1. The van der Waals surface area contributed by atoms with Crippen LogP contribution in [0.5, 0.6) is 0 Å². The van der Waals surface area contributed by atoms with Crippen molar-refractivity contribution in [3.63, 3.8) is 0 Å². The van der Waals surface area contributed by atoms with Crippen molar-refractivity contribution in [3.8, 4) is 0 Å². The van der Waals surface area contributed by atoms with E-state index in [4.69, 9.17) is 0 Å². The Bertz CT molecular complexity index is 973. The third-order valence-corrected chi connectivity index (χ3v) is 6.10. The molecular weight excluding hydrogens is 407 g/mol. The van der Waals surface area contributed by atoms with Crippen LogP contribution in [0.25, 0.3) is 11.0 Å². The molecule has 2 aliphatic rings. The van der Waals surface area contributed by atoms with Gasteiger partial charge in [0.05, 0.1) is 10.9 Å². The zero-order valence-corrected chi connectivity index (χ0v) is 17.8. The summed E-state index contributed by atoms with van der Waals surface area (Å²) in [6.45, 7) is 4.77. The van der Waals surface area contributed by atoms with Gasteiger partial charge in [-0.3, -0.25) is 9.89 Å². The van der Waals surface area contributed by atoms with Gasteiger partial charge in [-0.05, 0) is 51.5 Å². The van der Waals surface area contributed by atoms with E-state index >= 15 is 0 Å². The molecule has 1 atom stereocenters. The number of pyridine rings is 1. The molecule has 6 nitrogen and oxygen atoms in total. The lowest BCUT2D eigenvalue weighted by Crippen LogP contribution is -2.38. The molecule has 0 unspecified atom stereocenters. The van der Waals surface area contributed by atoms with Crippen LogP contribution in [-0.4, -0.2) is 45.1 Å². The van der Waals surface area contributed by atoms with Crippen molar-refractivity contribution < 1.29 is 18.0 Å². The molecule has 2 aromatic rings. The maximum Gasteiger partial charge on any atom is 0.417 e.